The fourth-order valence-corrected chi connectivity index (χ4v) is 3.31. The summed E-state index contributed by atoms with van der Waals surface area (Å²) in [4.78, 5) is 9.30. The highest BCUT2D eigenvalue weighted by molar-refractivity contribution is 9.10. The van der Waals surface area contributed by atoms with E-state index in [1.807, 2.05) is 11.8 Å². The van der Waals surface area contributed by atoms with Crippen molar-refractivity contribution >= 4 is 33.5 Å². The first kappa shape index (κ1) is 16.8. The molecular formula is C14H24BrN3S. The second-order valence-electron chi connectivity index (χ2n) is 5.28. The number of nitrogens with zero attached hydrogens (tertiary/aromatic N) is 2. The molecule has 0 aliphatic rings. The highest BCUT2D eigenvalue weighted by atomic mass is 79.9. The molecule has 5 heteroatoms. The molecule has 1 aromatic heterocycles. The van der Waals surface area contributed by atoms with Gasteiger partial charge in [0.15, 0.2) is 0 Å². The molecule has 3 nitrogen and oxygen atoms in total. The monoisotopic (exact) mass is 345 g/mol. The Bertz CT molecular complexity index is 408. The summed E-state index contributed by atoms with van der Waals surface area (Å²) < 4.78 is 1.00. The molecule has 0 spiro atoms. The van der Waals surface area contributed by atoms with Gasteiger partial charge in [-0.05, 0) is 40.4 Å². The quantitative estimate of drug-likeness (QED) is 0.778. The summed E-state index contributed by atoms with van der Waals surface area (Å²) in [6.45, 7) is 11.7. The molecule has 0 amide bonds. The maximum atomic E-state index is 4.69. The van der Waals surface area contributed by atoms with Crippen LogP contribution in [0.15, 0.2) is 4.47 Å². The van der Waals surface area contributed by atoms with E-state index in [4.69, 9.17) is 4.98 Å². The minimum atomic E-state index is 0.392. The highest BCUT2D eigenvalue weighted by Gasteiger charge is 2.14. The summed E-state index contributed by atoms with van der Waals surface area (Å²) in [5, 5.41) is 3.30. The van der Waals surface area contributed by atoms with Gasteiger partial charge < -0.3 is 5.32 Å². The first-order valence-electron chi connectivity index (χ1n) is 6.83. The third kappa shape index (κ3) is 5.30. The molecular weight excluding hydrogens is 322 g/mol. The molecule has 0 fully saturated rings. The normalized spacial score (nSPS) is 11.4. The summed E-state index contributed by atoms with van der Waals surface area (Å²) in [5.74, 6) is 4.97. The van der Waals surface area contributed by atoms with Gasteiger partial charge in [-0.25, -0.2) is 9.97 Å². The third-order valence-electron chi connectivity index (χ3n) is 2.50. The van der Waals surface area contributed by atoms with Gasteiger partial charge in [-0.3, -0.25) is 0 Å². The lowest BCUT2D eigenvalue weighted by Crippen LogP contribution is -2.09. The fourth-order valence-electron chi connectivity index (χ4n) is 1.63. The second-order valence-corrected chi connectivity index (χ2v) is 7.10. The number of hydrogen-bond acceptors (Lipinski definition) is 4. The van der Waals surface area contributed by atoms with Crippen molar-refractivity contribution in [2.45, 2.75) is 46.3 Å². The Kier molecular flexibility index (Phi) is 7.15. The lowest BCUT2D eigenvalue weighted by molar-refractivity contribution is 0.749. The van der Waals surface area contributed by atoms with Crippen LogP contribution >= 0.6 is 27.7 Å². The molecule has 0 atom stereocenters. The average Bonchev–Trinajstić information content (AvgIpc) is 2.32. The Morgan fingerprint density at radius 2 is 1.89 bits per heavy atom. The Balaban J connectivity index is 2.91. The van der Waals surface area contributed by atoms with Gasteiger partial charge in [0.1, 0.15) is 11.6 Å². The Labute approximate surface area is 129 Å². The van der Waals surface area contributed by atoms with Gasteiger partial charge in [0, 0.05) is 6.54 Å². The highest BCUT2D eigenvalue weighted by Crippen LogP contribution is 2.29. The van der Waals surface area contributed by atoms with Crippen molar-refractivity contribution < 1.29 is 0 Å². The molecule has 0 saturated carbocycles. The van der Waals surface area contributed by atoms with Gasteiger partial charge in [-0.15, -0.1) is 0 Å². The topological polar surface area (TPSA) is 37.8 Å². The first-order valence-corrected chi connectivity index (χ1v) is 8.78. The zero-order chi connectivity index (χ0) is 14.4. The second kappa shape index (κ2) is 8.10. The van der Waals surface area contributed by atoms with Crippen LogP contribution in [0.2, 0.25) is 0 Å². The van der Waals surface area contributed by atoms with Gasteiger partial charge in [-0.1, -0.05) is 27.7 Å². The van der Waals surface area contributed by atoms with Crippen LogP contribution in [0.25, 0.3) is 0 Å². The van der Waals surface area contributed by atoms with Crippen LogP contribution in [-0.2, 0) is 5.75 Å². The van der Waals surface area contributed by atoms with E-state index in [9.17, 15) is 0 Å². The number of halogens is 1. The molecule has 0 bridgehead atoms. The van der Waals surface area contributed by atoms with Gasteiger partial charge >= 0.3 is 0 Å². The molecule has 0 aromatic carbocycles. The van der Waals surface area contributed by atoms with E-state index in [0.29, 0.717) is 11.8 Å². The fraction of sp³-hybridized carbons (Fsp3) is 0.714. The van der Waals surface area contributed by atoms with Crippen LogP contribution in [0.1, 0.15) is 52.1 Å². The molecule has 0 radical (unpaired) electrons. The number of anilines is 1. The molecule has 0 saturated heterocycles. The van der Waals surface area contributed by atoms with E-state index < -0.39 is 0 Å². The lowest BCUT2D eigenvalue weighted by atomic mass is 10.1. The average molecular weight is 346 g/mol. The maximum Gasteiger partial charge on any atom is 0.144 e. The first-order chi connectivity index (χ1) is 8.95. The standard InChI is InChI=1S/C14H24BrN3S/c1-6-16-14-12(15)13(10(4)5)17-11(18-14)8-19-7-9(2)3/h9-10H,6-8H2,1-5H3,(H,16,17,18). The molecule has 0 aliphatic heterocycles. The molecule has 1 aromatic rings. The predicted molar refractivity (Wildman–Crippen MR) is 89.0 cm³/mol. The zero-order valence-electron chi connectivity index (χ0n) is 12.5. The van der Waals surface area contributed by atoms with Crippen molar-refractivity contribution in [2.24, 2.45) is 5.92 Å². The van der Waals surface area contributed by atoms with E-state index in [2.05, 4.69) is 60.8 Å². The minimum Gasteiger partial charge on any atom is -0.369 e. The van der Waals surface area contributed by atoms with Crippen molar-refractivity contribution in [1.29, 1.82) is 0 Å². The van der Waals surface area contributed by atoms with Gasteiger partial charge in [-0.2, -0.15) is 11.8 Å². The number of aromatic nitrogens is 2. The van der Waals surface area contributed by atoms with E-state index in [1.165, 1.54) is 0 Å². The van der Waals surface area contributed by atoms with E-state index in [1.54, 1.807) is 0 Å². The zero-order valence-corrected chi connectivity index (χ0v) is 14.9. The smallest absolute Gasteiger partial charge is 0.144 e. The van der Waals surface area contributed by atoms with Gasteiger partial charge in [0.25, 0.3) is 0 Å². The van der Waals surface area contributed by atoms with Crippen LogP contribution in [0.4, 0.5) is 5.82 Å². The summed E-state index contributed by atoms with van der Waals surface area (Å²) in [7, 11) is 0. The van der Waals surface area contributed by atoms with Crippen molar-refractivity contribution in [3.05, 3.63) is 16.0 Å². The third-order valence-corrected chi connectivity index (χ3v) is 4.64. The predicted octanol–water partition coefficient (Wildman–Crippen LogP) is 4.68. The van der Waals surface area contributed by atoms with E-state index in [-0.39, 0.29) is 0 Å². The maximum absolute atomic E-state index is 4.69. The molecule has 1 N–H and O–H groups in total. The number of nitrogens with one attached hydrogen (secondary N) is 1. The molecule has 0 aliphatic carbocycles. The van der Waals surface area contributed by atoms with Gasteiger partial charge in [0.2, 0.25) is 0 Å². The summed E-state index contributed by atoms with van der Waals surface area (Å²) in [5.41, 5.74) is 1.09. The lowest BCUT2D eigenvalue weighted by Gasteiger charge is -2.14. The van der Waals surface area contributed by atoms with Crippen molar-refractivity contribution in [3.8, 4) is 0 Å². The number of thioether (sulfide) groups is 1. The van der Waals surface area contributed by atoms with Crippen LogP contribution < -0.4 is 5.32 Å². The van der Waals surface area contributed by atoms with Crippen molar-refractivity contribution in [3.63, 3.8) is 0 Å². The number of rotatable bonds is 7. The Hall–Kier alpha value is -0.290. The van der Waals surface area contributed by atoms with Crippen LogP contribution in [0.5, 0.6) is 0 Å². The van der Waals surface area contributed by atoms with Crippen LogP contribution in [0.3, 0.4) is 0 Å². The Morgan fingerprint density at radius 3 is 2.42 bits per heavy atom. The molecule has 1 rings (SSSR count). The Morgan fingerprint density at radius 1 is 1.21 bits per heavy atom. The van der Waals surface area contributed by atoms with E-state index in [0.717, 1.165) is 39.9 Å². The van der Waals surface area contributed by atoms with Crippen LogP contribution in [-0.4, -0.2) is 22.3 Å². The summed E-state index contributed by atoms with van der Waals surface area (Å²) in [6.07, 6.45) is 0. The summed E-state index contributed by atoms with van der Waals surface area (Å²) >= 11 is 5.51. The van der Waals surface area contributed by atoms with E-state index >= 15 is 0 Å². The SMILES string of the molecule is CCNc1nc(CSCC(C)C)nc(C(C)C)c1Br. The minimum absolute atomic E-state index is 0.392. The molecule has 1 heterocycles. The van der Waals surface area contributed by atoms with Crippen molar-refractivity contribution in [2.75, 3.05) is 17.6 Å². The van der Waals surface area contributed by atoms with Crippen LogP contribution in [0, 0.1) is 5.92 Å². The summed E-state index contributed by atoms with van der Waals surface area (Å²) in [6, 6.07) is 0. The van der Waals surface area contributed by atoms with Gasteiger partial charge in [0.05, 0.1) is 15.9 Å². The molecule has 0 unspecified atom stereocenters. The van der Waals surface area contributed by atoms with Crippen molar-refractivity contribution in [1.82, 2.24) is 9.97 Å². The molecule has 19 heavy (non-hydrogen) atoms. The largest absolute Gasteiger partial charge is 0.369 e. The number of hydrogen-bond donors (Lipinski definition) is 1. The molecule has 108 valence electrons.